The minimum absolute atomic E-state index is 0.0801. The van der Waals surface area contributed by atoms with Crippen LogP contribution in [-0.4, -0.2) is 33.0 Å². The lowest BCUT2D eigenvalue weighted by molar-refractivity contribution is -0.115. The summed E-state index contributed by atoms with van der Waals surface area (Å²) < 4.78 is 40.3. The SMILES string of the molecule is COc1cccc(OC(C)c2nnc(SC(C)C(=O)Nc3ccc(F)cc3F)n2CC(C)C)c1. The summed E-state index contributed by atoms with van der Waals surface area (Å²) in [5, 5.41) is 11.1. The van der Waals surface area contributed by atoms with Gasteiger partial charge in [-0.2, -0.15) is 0 Å². The second-order valence-electron chi connectivity index (χ2n) is 8.16. The molecule has 3 rings (SSSR count). The van der Waals surface area contributed by atoms with Gasteiger partial charge < -0.3 is 19.4 Å². The van der Waals surface area contributed by atoms with Gasteiger partial charge in [-0.15, -0.1) is 10.2 Å². The number of hydrogen-bond donors (Lipinski definition) is 1. The minimum Gasteiger partial charge on any atom is -0.497 e. The topological polar surface area (TPSA) is 78.3 Å². The average Bonchev–Trinajstić information content (AvgIpc) is 3.17. The molecule has 3 aromatic rings. The van der Waals surface area contributed by atoms with Crippen LogP contribution in [0.1, 0.15) is 39.6 Å². The Balaban J connectivity index is 1.76. The highest BCUT2D eigenvalue weighted by molar-refractivity contribution is 8.00. The maximum atomic E-state index is 13.9. The van der Waals surface area contributed by atoms with Gasteiger partial charge in [-0.1, -0.05) is 31.7 Å². The normalized spacial score (nSPS) is 12.9. The van der Waals surface area contributed by atoms with E-state index in [2.05, 4.69) is 29.4 Å². The maximum absolute atomic E-state index is 13.9. The molecular formula is C24H28F2N4O3S. The van der Waals surface area contributed by atoms with Crippen molar-refractivity contribution in [2.24, 2.45) is 5.92 Å². The predicted molar refractivity (Wildman–Crippen MR) is 127 cm³/mol. The third-order valence-electron chi connectivity index (χ3n) is 4.85. The summed E-state index contributed by atoms with van der Waals surface area (Å²) in [6, 6.07) is 10.3. The van der Waals surface area contributed by atoms with Crippen LogP contribution >= 0.6 is 11.8 Å². The zero-order valence-electron chi connectivity index (χ0n) is 19.7. The Bertz CT molecular complexity index is 1140. The van der Waals surface area contributed by atoms with Gasteiger partial charge in [-0.3, -0.25) is 4.79 Å². The monoisotopic (exact) mass is 490 g/mol. The molecule has 0 aliphatic carbocycles. The summed E-state index contributed by atoms with van der Waals surface area (Å²) in [5.41, 5.74) is -0.0801. The number of nitrogens with one attached hydrogen (secondary N) is 1. The second-order valence-corrected chi connectivity index (χ2v) is 9.47. The van der Waals surface area contributed by atoms with E-state index in [1.54, 1.807) is 20.1 Å². The van der Waals surface area contributed by atoms with E-state index in [4.69, 9.17) is 9.47 Å². The van der Waals surface area contributed by atoms with Crippen molar-refractivity contribution >= 4 is 23.4 Å². The number of halogens is 2. The molecule has 1 aromatic heterocycles. The molecule has 0 spiro atoms. The van der Waals surface area contributed by atoms with Crippen molar-refractivity contribution in [3.05, 3.63) is 59.9 Å². The van der Waals surface area contributed by atoms with Gasteiger partial charge in [0.05, 0.1) is 18.0 Å². The van der Waals surface area contributed by atoms with Crippen LogP contribution in [0.5, 0.6) is 11.5 Å². The Morgan fingerprint density at radius 1 is 1.09 bits per heavy atom. The fourth-order valence-electron chi connectivity index (χ4n) is 3.19. The highest BCUT2D eigenvalue weighted by atomic mass is 32.2. The van der Waals surface area contributed by atoms with Gasteiger partial charge in [0.25, 0.3) is 0 Å². The van der Waals surface area contributed by atoms with Crippen molar-refractivity contribution in [3.63, 3.8) is 0 Å². The molecule has 2 aromatic carbocycles. The first-order valence-electron chi connectivity index (χ1n) is 10.8. The largest absolute Gasteiger partial charge is 0.497 e. The number of anilines is 1. The molecule has 0 bridgehead atoms. The lowest BCUT2D eigenvalue weighted by Crippen LogP contribution is -2.24. The molecule has 0 fully saturated rings. The van der Waals surface area contributed by atoms with Gasteiger partial charge in [0.15, 0.2) is 17.1 Å². The molecule has 2 unspecified atom stereocenters. The molecule has 0 radical (unpaired) electrons. The number of amides is 1. The van der Waals surface area contributed by atoms with Crippen molar-refractivity contribution in [1.82, 2.24) is 14.8 Å². The molecule has 1 N–H and O–H groups in total. The fraction of sp³-hybridized carbons (Fsp3) is 0.375. The number of ether oxygens (including phenoxy) is 2. The Kier molecular flexibility index (Phi) is 8.49. The number of nitrogens with zero attached hydrogens (tertiary/aromatic N) is 3. The van der Waals surface area contributed by atoms with Crippen molar-refractivity contribution in [2.75, 3.05) is 12.4 Å². The highest BCUT2D eigenvalue weighted by Crippen LogP contribution is 2.29. The quantitative estimate of drug-likeness (QED) is 0.379. The Hall–Kier alpha value is -3.14. The van der Waals surface area contributed by atoms with E-state index < -0.39 is 28.9 Å². The molecule has 0 aliphatic heterocycles. The van der Waals surface area contributed by atoms with Gasteiger partial charge in [-0.25, -0.2) is 8.78 Å². The lowest BCUT2D eigenvalue weighted by atomic mass is 10.2. The number of thioether (sulfide) groups is 1. The Morgan fingerprint density at radius 3 is 2.50 bits per heavy atom. The molecule has 0 saturated heterocycles. The van der Waals surface area contributed by atoms with Crippen molar-refractivity contribution in [3.8, 4) is 11.5 Å². The molecule has 1 heterocycles. The van der Waals surface area contributed by atoms with E-state index in [-0.39, 0.29) is 11.6 Å². The fourth-order valence-corrected chi connectivity index (χ4v) is 4.06. The van der Waals surface area contributed by atoms with Gasteiger partial charge in [-0.05, 0) is 44.0 Å². The van der Waals surface area contributed by atoms with Gasteiger partial charge in [0.1, 0.15) is 23.1 Å². The van der Waals surface area contributed by atoms with Crippen LogP contribution in [0.2, 0.25) is 0 Å². The van der Waals surface area contributed by atoms with E-state index in [9.17, 15) is 13.6 Å². The Morgan fingerprint density at radius 2 is 1.82 bits per heavy atom. The standard InChI is InChI=1S/C24H28F2N4O3S/c1-14(2)13-30-22(15(3)33-19-8-6-7-18(12-19)32-5)28-29-24(30)34-16(4)23(31)27-21-10-9-17(25)11-20(21)26/h6-12,14-16H,13H2,1-5H3,(H,27,31). The number of aromatic nitrogens is 3. The lowest BCUT2D eigenvalue weighted by Gasteiger charge is -2.19. The van der Waals surface area contributed by atoms with Gasteiger partial charge in [0, 0.05) is 18.7 Å². The first kappa shape index (κ1) is 25.5. The third-order valence-corrected chi connectivity index (χ3v) is 5.93. The summed E-state index contributed by atoms with van der Waals surface area (Å²) in [4.78, 5) is 12.6. The Labute approximate surface area is 201 Å². The maximum Gasteiger partial charge on any atom is 0.237 e. The van der Waals surface area contributed by atoms with Crippen LogP contribution in [0.4, 0.5) is 14.5 Å². The number of benzene rings is 2. The van der Waals surface area contributed by atoms with Crippen LogP contribution < -0.4 is 14.8 Å². The van der Waals surface area contributed by atoms with Crippen LogP contribution in [0.15, 0.2) is 47.6 Å². The third kappa shape index (κ3) is 6.47. The van der Waals surface area contributed by atoms with Gasteiger partial charge >= 0.3 is 0 Å². The zero-order valence-corrected chi connectivity index (χ0v) is 20.5. The first-order chi connectivity index (χ1) is 16.2. The molecule has 0 saturated carbocycles. The zero-order chi connectivity index (χ0) is 24.8. The summed E-state index contributed by atoms with van der Waals surface area (Å²) in [5.74, 6) is 0.247. The summed E-state index contributed by atoms with van der Waals surface area (Å²) in [6.45, 7) is 8.32. The number of hydrogen-bond acceptors (Lipinski definition) is 6. The molecule has 34 heavy (non-hydrogen) atoms. The summed E-state index contributed by atoms with van der Waals surface area (Å²) in [7, 11) is 1.59. The van der Waals surface area contributed by atoms with Crippen molar-refractivity contribution in [1.29, 1.82) is 0 Å². The number of carbonyl (C=O) groups excluding carboxylic acids is 1. The first-order valence-corrected chi connectivity index (χ1v) is 11.7. The molecule has 0 aliphatic rings. The molecule has 7 nitrogen and oxygen atoms in total. The predicted octanol–water partition coefficient (Wildman–Crippen LogP) is 5.48. The van der Waals surface area contributed by atoms with E-state index in [1.165, 1.54) is 17.8 Å². The van der Waals surface area contributed by atoms with E-state index in [0.717, 1.165) is 12.1 Å². The van der Waals surface area contributed by atoms with E-state index >= 15 is 0 Å². The average molecular weight is 491 g/mol. The van der Waals surface area contributed by atoms with Crippen LogP contribution in [0, 0.1) is 17.6 Å². The minimum atomic E-state index is -0.834. The van der Waals surface area contributed by atoms with E-state index in [0.29, 0.717) is 29.0 Å². The second kappa shape index (κ2) is 11.3. The number of rotatable bonds is 10. The van der Waals surface area contributed by atoms with Crippen LogP contribution in [0.25, 0.3) is 0 Å². The molecular weight excluding hydrogens is 462 g/mol. The van der Waals surface area contributed by atoms with Crippen LogP contribution in [-0.2, 0) is 11.3 Å². The smallest absolute Gasteiger partial charge is 0.237 e. The molecule has 2 atom stereocenters. The van der Waals surface area contributed by atoms with Crippen molar-refractivity contribution < 1.29 is 23.0 Å². The van der Waals surface area contributed by atoms with Gasteiger partial charge in [0.2, 0.25) is 5.91 Å². The number of carbonyl (C=O) groups is 1. The van der Waals surface area contributed by atoms with Crippen LogP contribution in [0.3, 0.4) is 0 Å². The molecule has 1 amide bonds. The molecule has 10 heteroatoms. The number of methoxy groups -OCH3 is 1. The highest BCUT2D eigenvalue weighted by Gasteiger charge is 2.24. The summed E-state index contributed by atoms with van der Waals surface area (Å²) in [6.07, 6.45) is -0.412. The van der Waals surface area contributed by atoms with Crippen molar-refractivity contribution in [2.45, 2.75) is 50.8 Å². The summed E-state index contributed by atoms with van der Waals surface area (Å²) >= 11 is 1.20. The molecule has 182 valence electrons. The van der Waals surface area contributed by atoms with E-state index in [1.807, 2.05) is 29.7 Å².